The minimum atomic E-state index is 0.246. The first-order chi connectivity index (χ1) is 7.24. The fraction of sp³-hybridized carbons (Fsp3) is 0.917. The zero-order valence-electron chi connectivity index (χ0n) is 9.67. The van der Waals surface area contributed by atoms with Crippen molar-refractivity contribution in [2.24, 2.45) is 5.92 Å². The van der Waals surface area contributed by atoms with Crippen LogP contribution in [-0.2, 0) is 4.79 Å². The molecule has 0 radical (unpaired) electrons. The molecular formula is C12H22N2O. The summed E-state index contributed by atoms with van der Waals surface area (Å²) in [7, 11) is 0. The molecule has 1 aliphatic carbocycles. The summed E-state index contributed by atoms with van der Waals surface area (Å²) in [4.78, 5) is 13.9. The normalized spacial score (nSPS) is 24.1. The van der Waals surface area contributed by atoms with E-state index >= 15 is 0 Å². The van der Waals surface area contributed by atoms with Gasteiger partial charge in [-0.2, -0.15) is 0 Å². The molecule has 2 rings (SSSR count). The molecule has 1 saturated carbocycles. The molecule has 0 aromatic carbocycles. The zero-order chi connectivity index (χ0) is 10.7. The van der Waals surface area contributed by atoms with Gasteiger partial charge < -0.3 is 10.2 Å². The predicted octanol–water partition coefficient (Wildman–Crippen LogP) is 1.39. The van der Waals surface area contributed by atoms with Gasteiger partial charge in [0.15, 0.2) is 0 Å². The number of likely N-dealkylation sites (tertiary alicyclic amines) is 1. The van der Waals surface area contributed by atoms with Crippen LogP contribution < -0.4 is 5.32 Å². The van der Waals surface area contributed by atoms with Crippen LogP contribution in [0.2, 0.25) is 0 Å². The number of carbonyl (C=O) groups is 1. The van der Waals surface area contributed by atoms with E-state index in [-0.39, 0.29) is 5.91 Å². The molecule has 1 saturated heterocycles. The molecule has 2 fully saturated rings. The van der Waals surface area contributed by atoms with E-state index in [1.54, 1.807) is 0 Å². The van der Waals surface area contributed by atoms with E-state index in [0.29, 0.717) is 12.5 Å². The molecule has 1 heterocycles. The summed E-state index contributed by atoms with van der Waals surface area (Å²) < 4.78 is 0. The Morgan fingerprint density at radius 1 is 1.27 bits per heavy atom. The second-order valence-corrected chi connectivity index (χ2v) is 5.12. The number of nitrogens with zero attached hydrogens (tertiary/aromatic N) is 1. The molecule has 3 heteroatoms. The van der Waals surface area contributed by atoms with Crippen LogP contribution in [0.25, 0.3) is 0 Å². The van der Waals surface area contributed by atoms with Crippen molar-refractivity contribution in [1.29, 1.82) is 0 Å². The van der Waals surface area contributed by atoms with Crippen LogP contribution in [0.5, 0.6) is 0 Å². The quantitative estimate of drug-likeness (QED) is 0.760. The van der Waals surface area contributed by atoms with Crippen molar-refractivity contribution in [2.75, 3.05) is 19.6 Å². The van der Waals surface area contributed by atoms with Gasteiger partial charge in [-0.25, -0.2) is 0 Å². The van der Waals surface area contributed by atoms with Gasteiger partial charge in [0.25, 0.3) is 0 Å². The van der Waals surface area contributed by atoms with E-state index in [9.17, 15) is 4.79 Å². The average Bonchev–Trinajstić information content (AvgIpc) is 3.01. The van der Waals surface area contributed by atoms with Crippen molar-refractivity contribution in [2.45, 2.75) is 45.1 Å². The van der Waals surface area contributed by atoms with Crippen molar-refractivity contribution in [3.8, 4) is 0 Å². The molecule has 0 atom stereocenters. The third-order valence-electron chi connectivity index (χ3n) is 3.47. The van der Waals surface area contributed by atoms with Gasteiger partial charge in [-0.1, -0.05) is 6.92 Å². The predicted molar refractivity (Wildman–Crippen MR) is 60.6 cm³/mol. The minimum Gasteiger partial charge on any atom is -0.353 e. The number of amides is 1. The summed E-state index contributed by atoms with van der Waals surface area (Å²) in [6.07, 6.45) is 5.65. The standard InChI is InChI=1S/C12H22N2O/c1-10-4-7-14(8-5-10)9-6-12(15)13-11-2-3-11/h10-11H,2-9H2,1H3,(H,13,15). The fourth-order valence-corrected chi connectivity index (χ4v) is 2.07. The van der Waals surface area contributed by atoms with Crippen molar-refractivity contribution >= 4 is 5.91 Å². The maximum atomic E-state index is 11.5. The summed E-state index contributed by atoms with van der Waals surface area (Å²) in [6, 6.07) is 0.513. The molecule has 1 aliphatic heterocycles. The molecule has 0 bridgehead atoms. The smallest absolute Gasteiger partial charge is 0.221 e. The molecule has 15 heavy (non-hydrogen) atoms. The van der Waals surface area contributed by atoms with Crippen molar-refractivity contribution in [3.63, 3.8) is 0 Å². The zero-order valence-corrected chi connectivity index (χ0v) is 9.67. The van der Waals surface area contributed by atoms with Gasteiger partial charge in [-0.05, 0) is 44.7 Å². The van der Waals surface area contributed by atoms with Gasteiger partial charge in [0.1, 0.15) is 0 Å². The third-order valence-corrected chi connectivity index (χ3v) is 3.47. The van der Waals surface area contributed by atoms with E-state index in [0.717, 1.165) is 12.5 Å². The Labute approximate surface area is 92.2 Å². The summed E-state index contributed by atoms with van der Waals surface area (Å²) in [5.74, 6) is 1.12. The maximum Gasteiger partial charge on any atom is 0.221 e. The average molecular weight is 210 g/mol. The first-order valence-electron chi connectivity index (χ1n) is 6.26. The first-order valence-corrected chi connectivity index (χ1v) is 6.26. The van der Waals surface area contributed by atoms with Gasteiger partial charge in [0.05, 0.1) is 0 Å². The lowest BCUT2D eigenvalue weighted by Crippen LogP contribution is -2.36. The van der Waals surface area contributed by atoms with E-state index < -0.39 is 0 Å². The summed E-state index contributed by atoms with van der Waals surface area (Å²) in [5.41, 5.74) is 0. The van der Waals surface area contributed by atoms with Crippen LogP contribution in [0.3, 0.4) is 0 Å². The summed E-state index contributed by atoms with van der Waals surface area (Å²) >= 11 is 0. The number of hydrogen-bond donors (Lipinski definition) is 1. The summed E-state index contributed by atoms with van der Waals surface area (Å²) in [5, 5.41) is 3.04. The lowest BCUT2D eigenvalue weighted by molar-refractivity contribution is -0.121. The largest absolute Gasteiger partial charge is 0.353 e. The number of piperidine rings is 1. The van der Waals surface area contributed by atoms with Gasteiger partial charge in [-0.3, -0.25) is 4.79 Å². The highest BCUT2D eigenvalue weighted by Crippen LogP contribution is 2.19. The van der Waals surface area contributed by atoms with Gasteiger partial charge in [0, 0.05) is 19.0 Å². The van der Waals surface area contributed by atoms with E-state index in [2.05, 4.69) is 17.1 Å². The number of nitrogens with one attached hydrogen (secondary N) is 1. The number of rotatable bonds is 4. The van der Waals surface area contributed by atoms with E-state index in [1.165, 1.54) is 38.8 Å². The maximum absolute atomic E-state index is 11.5. The lowest BCUT2D eigenvalue weighted by Gasteiger charge is -2.29. The molecule has 1 amide bonds. The first kappa shape index (κ1) is 10.9. The SMILES string of the molecule is CC1CCN(CCC(=O)NC2CC2)CC1. The monoisotopic (exact) mass is 210 g/mol. The highest BCUT2D eigenvalue weighted by molar-refractivity contribution is 5.76. The molecule has 1 N–H and O–H groups in total. The molecule has 2 aliphatic rings. The van der Waals surface area contributed by atoms with Crippen LogP contribution in [0.15, 0.2) is 0 Å². The Balaban J connectivity index is 1.58. The Hall–Kier alpha value is -0.570. The van der Waals surface area contributed by atoms with Crippen molar-refractivity contribution < 1.29 is 4.79 Å². The number of carbonyl (C=O) groups excluding carboxylic acids is 1. The van der Waals surface area contributed by atoms with Crippen LogP contribution in [0, 0.1) is 5.92 Å². The van der Waals surface area contributed by atoms with Gasteiger partial charge >= 0.3 is 0 Å². The Bertz CT molecular complexity index is 218. The highest BCUT2D eigenvalue weighted by atomic mass is 16.1. The molecule has 3 nitrogen and oxygen atoms in total. The second-order valence-electron chi connectivity index (χ2n) is 5.12. The number of hydrogen-bond acceptors (Lipinski definition) is 2. The van der Waals surface area contributed by atoms with Crippen LogP contribution in [-0.4, -0.2) is 36.5 Å². The van der Waals surface area contributed by atoms with E-state index in [1.807, 2.05) is 0 Å². The van der Waals surface area contributed by atoms with Crippen molar-refractivity contribution in [1.82, 2.24) is 10.2 Å². The summed E-state index contributed by atoms with van der Waals surface area (Å²) in [6.45, 7) is 5.62. The molecule has 0 aromatic heterocycles. The molecule has 86 valence electrons. The van der Waals surface area contributed by atoms with Crippen LogP contribution in [0.1, 0.15) is 39.0 Å². The van der Waals surface area contributed by atoms with E-state index in [4.69, 9.17) is 0 Å². The van der Waals surface area contributed by atoms with Crippen LogP contribution in [0.4, 0.5) is 0 Å². The van der Waals surface area contributed by atoms with Crippen LogP contribution >= 0.6 is 0 Å². The Morgan fingerprint density at radius 3 is 2.53 bits per heavy atom. The van der Waals surface area contributed by atoms with Gasteiger partial charge in [0.2, 0.25) is 5.91 Å². The fourth-order valence-electron chi connectivity index (χ4n) is 2.07. The lowest BCUT2D eigenvalue weighted by atomic mass is 9.99. The Kier molecular flexibility index (Phi) is 3.62. The molecule has 0 spiro atoms. The third kappa shape index (κ3) is 3.82. The highest BCUT2D eigenvalue weighted by Gasteiger charge is 2.23. The Morgan fingerprint density at radius 2 is 1.93 bits per heavy atom. The molecule has 0 aromatic rings. The van der Waals surface area contributed by atoms with Crippen molar-refractivity contribution in [3.05, 3.63) is 0 Å². The minimum absolute atomic E-state index is 0.246. The van der Waals surface area contributed by atoms with Gasteiger partial charge in [-0.15, -0.1) is 0 Å². The second kappa shape index (κ2) is 4.97. The topological polar surface area (TPSA) is 32.3 Å². The molecule has 0 unspecified atom stereocenters. The molecular weight excluding hydrogens is 188 g/mol.